The third-order valence-electron chi connectivity index (χ3n) is 5.45. The summed E-state index contributed by atoms with van der Waals surface area (Å²) in [4.78, 5) is 16.0. The summed E-state index contributed by atoms with van der Waals surface area (Å²) in [5, 5.41) is 7.58. The van der Waals surface area contributed by atoms with E-state index in [0.29, 0.717) is 36.6 Å². The Morgan fingerprint density at radius 1 is 1.00 bits per heavy atom. The highest BCUT2D eigenvalue weighted by molar-refractivity contribution is 5.73. The largest absolute Gasteiger partial charge is 0.493 e. The zero-order valence-electron chi connectivity index (χ0n) is 19.7. The summed E-state index contributed by atoms with van der Waals surface area (Å²) in [6.45, 7) is 7.00. The highest BCUT2D eigenvalue weighted by atomic mass is 16.5. The van der Waals surface area contributed by atoms with Crippen molar-refractivity contribution in [2.24, 2.45) is 7.05 Å². The maximum Gasteiger partial charge on any atom is 0.222 e. The first-order valence-electron chi connectivity index (χ1n) is 11.4. The smallest absolute Gasteiger partial charge is 0.222 e. The molecular weight excluding hydrogens is 418 g/mol. The van der Waals surface area contributed by atoms with E-state index in [2.05, 4.69) is 43.4 Å². The number of nitrogens with one attached hydrogen (secondary N) is 1. The van der Waals surface area contributed by atoms with Crippen molar-refractivity contribution < 1.29 is 9.47 Å². The van der Waals surface area contributed by atoms with Gasteiger partial charge in [-0.25, -0.2) is 19.6 Å². The number of aryl methyl sites for hydroxylation is 1. The van der Waals surface area contributed by atoms with Crippen LogP contribution >= 0.6 is 0 Å². The molecule has 33 heavy (non-hydrogen) atoms. The van der Waals surface area contributed by atoms with Crippen LogP contribution in [0.15, 0.2) is 36.8 Å². The second-order valence-corrected chi connectivity index (χ2v) is 7.74. The number of hydrogen-bond acceptors (Lipinski definition) is 8. The van der Waals surface area contributed by atoms with Gasteiger partial charge in [-0.15, -0.1) is 0 Å². The van der Waals surface area contributed by atoms with Gasteiger partial charge in [0.15, 0.2) is 5.82 Å². The minimum atomic E-state index is 0.505. The zero-order valence-corrected chi connectivity index (χ0v) is 19.7. The molecule has 174 valence electrons. The first-order valence-corrected chi connectivity index (χ1v) is 11.4. The fraction of sp³-hybridized carbons (Fsp3) is 0.417. The second-order valence-electron chi connectivity index (χ2n) is 7.74. The van der Waals surface area contributed by atoms with Crippen molar-refractivity contribution >= 4 is 17.2 Å². The lowest BCUT2D eigenvalue weighted by atomic mass is 10.0. The van der Waals surface area contributed by atoms with E-state index in [1.165, 1.54) is 5.57 Å². The molecule has 0 aromatic carbocycles. The molecular formula is C24H31N7O2. The Hall–Kier alpha value is -3.46. The minimum absolute atomic E-state index is 0.505. The summed E-state index contributed by atoms with van der Waals surface area (Å²) in [5.74, 6) is 3.33. The highest BCUT2D eigenvalue weighted by Gasteiger charge is 2.18. The van der Waals surface area contributed by atoms with Crippen molar-refractivity contribution in [3.8, 4) is 23.0 Å². The number of aromatic nitrogens is 5. The monoisotopic (exact) mass is 449 g/mol. The van der Waals surface area contributed by atoms with Crippen molar-refractivity contribution in [1.29, 1.82) is 0 Å². The molecule has 3 aromatic heterocycles. The van der Waals surface area contributed by atoms with E-state index in [1.807, 2.05) is 39.2 Å². The van der Waals surface area contributed by atoms with Crippen LogP contribution in [0.4, 0.5) is 11.6 Å². The fourth-order valence-corrected chi connectivity index (χ4v) is 3.73. The summed E-state index contributed by atoms with van der Waals surface area (Å²) >= 11 is 0. The van der Waals surface area contributed by atoms with Gasteiger partial charge in [-0.1, -0.05) is 19.9 Å². The Kier molecular flexibility index (Phi) is 7.19. The maximum absolute atomic E-state index is 6.19. The molecule has 0 aliphatic carbocycles. The van der Waals surface area contributed by atoms with E-state index in [-0.39, 0.29) is 0 Å². The topological polar surface area (TPSA) is 90.2 Å². The van der Waals surface area contributed by atoms with Gasteiger partial charge in [-0.2, -0.15) is 5.10 Å². The number of rotatable bonds is 1. The Balaban J connectivity index is 0.00000126. The van der Waals surface area contributed by atoms with Crippen LogP contribution in [-0.4, -0.2) is 63.0 Å². The van der Waals surface area contributed by atoms with Crippen molar-refractivity contribution in [2.75, 3.05) is 38.7 Å². The Morgan fingerprint density at radius 3 is 2.67 bits per heavy atom. The van der Waals surface area contributed by atoms with E-state index in [4.69, 9.17) is 9.47 Å². The van der Waals surface area contributed by atoms with Crippen LogP contribution in [0.3, 0.4) is 0 Å². The third kappa shape index (κ3) is 5.14. The van der Waals surface area contributed by atoms with Crippen LogP contribution in [0.2, 0.25) is 0 Å². The molecule has 0 amide bonds. The standard InChI is InChI=1S/C22H25N7O2.C2H6/c1-28-8-5-15(6-9-28)16-13-24-20-12-18(16)30-10-3-11-31-22-17(14-25-29(22)2)21-23-7-4-19(26-20)27-21;1-2/h4-5,7,12-14H,3,6,8-11H2,1-2H3,(H,23,24,26,27);1-2H3. The molecule has 0 spiro atoms. The SMILES string of the molecule is CC.CN1CC=C(c2cnc3cc2OCCCOc2c(cnn2C)-c2nccc(n2)N3)CC1. The maximum atomic E-state index is 6.19. The van der Waals surface area contributed by atoms with Crippen LogP contribution in [-0.2, 0) is 7.05 Å². The summed E-state index contributed by atoms with van der Waals surface area (Å²) in [7, 11) is 3.97. The molecule has 9 heteroatoms. The molecule has 0 atom stereocenters. The predicted octanol–water partition coefficient (Wildman–Crippen LogP) is 3.92. The fourth-order valence-electron chi connectivity index (χ4n) is 3.73. The quantitative estimate of drug-likeness (QED) is 0.598. The number of hydrogen-bond donors (Lipinski definition) is 1. The van der Waals surface area contributed by atoms with E-state index >= 15 is 0 Å². The van der Waals surface area contributed by atoms with Gasteiger partial charge in [-0.3, -0.25) is 0 Å². The van der Waals surface area contributed by atoms with Gasteiger partial charge in [0.1, 0.15) is 22.9 Å². The van der Waals surface area contributed by atoms with Crippen LogP contribution in [0.1, 0.15) is 32.3 Å². The van der Waals surface area contributed by atoms with Gasteiger partial charge >= 0.3 is 0 Å². The van der Waals surface area contributed by atoms with Crippen molar-refractivity contribution in [3.05, 3.63) is 42.4 Å². The number of ether oxygens (including phenoxy) is 2. The minimum Gasteiger partial charge on any atom is -0.493 e. The lowest BCUT2D eigenvalue weighted by Crippen LogP contribution is -2.23. The predicted molar refractivity (Wildman–Crippen MR) is 129 cm³/mol. The van der Waals surface area contributed by atoms with Crippen molar-refractivity contribution in [2.45, 2.75) is 26.7 Å². The van der Waals surface area contributed by atoms with E-state index in [0.717, 1.165) is 42.8 Å². The lowest BCUT2D eigenvalue weighted by molar-refractivity contribution is 0.236. The first-order chi connectivity index (χ1) is 16.2. The molecule has 0 radical (unpaired) electrons. The van der Waals surface area contributed by atoms with E-state index < -0.39 is 0 Å². The van der Waals surface area contributed by atoms with Crippen molar-refractivity contribution in [3.63, 3.8) is 0 Å². The molecule has 9 nitrogen and oxygen atoms in total. The molecule has 0 saturated heterocycles. The molecule has 0 unspecified atom stereocenters. The molecule has 5 rings (SSSR count). The number of likely N-dealkylation sites (N-methyl/N-ethyl adjacent to an activating group) is 1. The van der Waals surface area contributed by atoms with Crippen molar-refractivity contribution in [1.82, 2.24) is 29.6 Å². The normalized spacial score (nSPS) is 15.9. The van der Waals surface area contributed by atoms with Gasteiger partial charge < -0.3 is 19.7 Å². The number of fused-ring (bicyclic) bond motifs is 6. The number of pyridine rings is 1. The molecule has 2 aliphatic rings. The average molecular weight is 450 g/mol. The van der Waals surface area contributed by atoms with Gasteiger partial charge in [-0.05, 0) is 25.1 Å². The Morgan fingerprint density at radius 2 is 1.85 bits per heavy atom. The average Bonchev–Trinajstić information content (AvgIpc) is 3.21. The number of nitrogens with zero attached hydrogens (tertiary/aromatic N) is 6. The van der Waals surface area contributed by atoms with E-state index in [9.17, 15) is 0 Å². The molecule has 5 heterocycles. The number of anilines is 2. The summed E-state index contributed by atoms with van der Waals surface area (Å²) in [5.41, 5.74) is 3.07. The third-order valence-corrected chi connectivity index (χ3v) is 5.45. The molecule has 0 fully saturated rings. The molecule has 2 aliphatic heterocycles. The highest BCUT2D eigenvalue weighted by Crippen LogP contribution is 2.33. The van der Waals surface area contributed by atoms with Gasteiger partial charge in [0.2, 0.25) is 5.88 Å². The summed E-state index contributed by atoms with van der Waals surface area (Å²) in [6.07, 6.45) is 9.28. The van der Waals surface area contributed by atoms with Crippen LogP contribution < -0.4 is 14.8 Å². The molecule has 4 bridgehead atoms. The van der Waals surface area contributed by atoms with Gasteiger partial charge in [0.25, 0.3) is 0 Å². The Bertz CT molecular complexity index is 1130. The molecule has 3 aromatic rings. The lowest BCUT2D eigenvalue weighted by Gasteiger charge is -2.23. The van der Waals surface area contributed by atoms with Crippen LogP contribution in [0.25, 0.3) is 17.0 Å². The Labute approximate surface area is 194 Å². The van der Waals surface area contributed by atoms with Gasteiger partial charge in [0, 0.05) is 50.6 Å². The van der Waals surface area contributed by atoms with Crippen LogP contribution in [0, 0.1) is 0 Å². The van der Waals surface area contributed by atoms with Gasteiger partial charge in [0.05, 0.1) is 19.4 Å². The van der Waals surface area contributed by atoms with E-state index in [1.54, 1.807) is 17.1 Å². The second kappa shape index (κ2) is 10.4. The summed E-state index contributed by atoms with van der Waals surface area (Å²) < 4.78 is 13.9. The molecule has 1 N–H and O–H groups in total. The first kappa shape index (κ1) is 22.7. The zero-order chi connectivity index (χ0) is 23.2. The molecule has 0 saturated carbocycles. The summed E-state index contributed by atoms with van der Waals surface area (Å²) in [6, 6.07) is 3.75. The van der Waals surface area contributed by atoms with Crippen LogP contribution in [0.5, 0.6) is 11.6 Å².